The van der Waals surface area contributed by atoms with Gasteiger partial charge in [0.05, 0.1) is 24.8 Å². The van der Waals surface area contributed by atoms with E-state index in [1.807, 2.05) is 0 Å². The molecular weight excluding hydrogens is 639 g/mol. The number of aromatic hydroxyl groups is 1. The molecule has 3 aromatic heterocycles. The number of thioether (sulfide) groups is 1. The van der Waals surface area contributed by atoms with E-state index in [-0.39, 0.29) is 52.4 Å². The van der Waals surface area contributed by atoms with Gasteiger partial charge in [0, 0.05) is 0 Å². The van der Waals surface area contributed by atoms with Gasteiger partial charge in [-0.15, -0.1) is 0 Å². The second kappa shape index (κ2) is 14.3. The van der Waals surface area contributed by atoms with Gasteiger partial charge in [-0.3, -0.25) is 9.59 Å². The molecule has 0 aromatic carbocycles. The summed E-state index contributed by atoms with van der Waals surface area (Å²) in [5.41, 5.74) is 0. The number of aryl methyl sites for hydroxylation is 2. The monoisotopic (exact) mass is 657 g/mol. The zero-order chi connectivity index (χ0) is 24.5. The van der Waals surface area contributed by atoms with Crippen LogP contribution in [0.15, 0.2) is 21.2 Å². The average molecular weight is 658 g/mol. The maximum atomic E-state index is 11.7. The minimum Gasteiger partial charge on any atom is -1.00 e. The minimum absolute atomic E-state index is 0. The Bertz CT molecular complexity index is 1200. The van der Waals surface area contributed by atoms with Crippen LogP contribution in [0, 0.1) is 17.8 Å². The van der Waals surface area contributed by atoms with Gasteiger partial charge in [-0.25, -0.2) is 14.8 Å². The molecule has 3 N–H and O–H groups in total. The Morgan fingerprint density at radius 1 is 1.18 bits per heavy atom. The minimum atomic E-state index is -0.513. The van der Waals surface area contributed by atoms with Crippen molar-refractivity contribution in [2.75, 3.05) is 12.4 Å². The van der Waals surface area contributed by atoms with Crippen LogP contribution in [0.2, 0.25) is 0 Å². The SMILES string of the molecule is CCOC(=O)c1ncc(C)o1.Cc1cnc(C(=O)c2sc(=S)[nH]c2O)o1.O=C1CSC(=S)N1.[I-]. The number of ketones is 1. The predicted molar refractivity (Wildman–Crippen MR) is 126 cm³/mol. The summed E-state index contributed by atoms with van der Waals surface area (Å²) < 4.78 is 15.5. The van der Waals surface area contributed by atoms with Gasteiger partial charge in [0.25, 0.3) is 11.7 Å². The number of esters is 1. The Kier molecular flexibility index (Phi) is 12.6. The number of nitrogens with one attached hydrogen (secondary N) is 2. The van der Waals surface area contributed by atoms with Gasteiger partial charge in [-0.1, -0.05) is 35.3 Å². The van der Waals surface area contributed by atoms with E-state index in [0.717, 1.165) is 11.3 Å². The van der Waals surface area contributed by atoms with Crippen molar-refractivity contribution in [2.45, 2.75) is 20.8 Å². The van der Waals surface area contributed by atoms with Crippen molar-refractivity contribution >= 4 is 69.5 Å². The van der Waals surface area contributed by atoms with E-state index in [2.05, 4.69) is 37.2 Å². The molecule has 4 heterocycles. The fourth-order valence-electron chi connectivity index (χ4n) is 1.99. The van der Waals surface area contributed by atoms with E-state index >= 15 is 0 Å². The Balaban J connectivity index is 0.000000269. The van der Waals surface area contributed by atoms with Crippen molar-refractivity contribution in [1.82, 2.24) is 20.3 Å². The Hall–Kier alpha value is -2.15. The van der Waals surface area contributed by atoms with E-state index < -0.39 is 11.8 Å². The number of thiocarbonyl (C=S) groups is 1. The number of aromatic nitrogens is 3. The Morgan fingerprint density at radius 3 is 2.12 bits per heavy atom. The molecule has 1 aliphatic heterocycles. The van der Waals surface area contributed by atoms with Crippen LogP contribution in [0.25, 0.3) is 0 Å². The summed E-state index contributed by atoms with van der Waals surface area (Å²) in [6.45, 7) is 5.46. The molecule has 0 aliphatic carbocycles. The first-order valence-electron chi connectivity index (χ1n) is 9.06. The second-order valence-electron chi connectivity index (χ2n) is 5.92. The quantitative estimate of drug-likeness (QED) is 0.153. The van der Waals surface area contributed by atoms with E-state index in [9.17, 15) is 19.5 Å². The van der Waals surface area contributed by atoms with Crippen LogP contribution in [0.4, 0.5) is 0 Å². The first-order valence-corrected chi connectivity index (χ1v) is 11.7. The van der Waals surface area contributed by atoms with E-state index in [0.29, 0.717) is 32.2 Å². The summed E-state index contributed by atoms with van der Waals surface area (Å²) in [6, 6.07) is 0. The number of hydrogen-bond acceptors (Lipinski definition) is 13. The smallest absolute Gasteiger partial charge is 0.394 e. The highest BCUT2D eigenvalue weighted by molar-refractivity contribution is 8.24. The number of ether oxygens (including phenoxy) is 1. The predicted octanol–water partition coefficient (Wildman–Crippen LogP) is 0.337. The molecule has 1 fully saturated rings. The summed E-state index contributed by atoms with van der Waals surface area (Å²) in [6.07, 6.45) is 2.92. The molecule has 1 saturated heterocycles. The van der Waals surface area contributed by atoms with Crippen molar-refractivity contribution in [3.63, 3.8) is 0 Å². The number of oxazole rings is 2. The standard InChI is InChI=1S/C8H6N2O3S2.C7H9NO3.C3H3NOS2.HI/c1-3-2-9-7(13-3)4(11)5-6(12)10-8(14)15-5;1-3-10-7(9)6-8-4-5(2)11-6;5-2-1-7-3(6)4-2;/h2,12H,1H3,(H,10,14);4H,3H2,1-2H3;1H2,(H,4,5,6);1H/p-1. The van der Waals surface area contributed by atoms with Gasteiger partial charge in [0.2, 0.25) is 11.8 Å². The van der Waals surface area contributed by atoms with Crippen LogP contribution in [-0.2, 0) is 9.53 Å². The first-order chi connectivity index (χ1) is 15.6. The van der Waals surface area contributed by atoms with E-state index in [1.54, 1.807) is 20.8 Å². The topological polar surface area (TPSA) is 161 Å². The lowest BCUT2D eigenvalue weighted by atomic mass is 10.3. The number of halogens is 1. The Morgan fingerprint density at radius 2 is 1.76 bits per heavy atom. The van der Waals surface area contributed by atoms with Crippen LogP contribution >= 0.6 is 47.5 Å². The highest BCUT2D eigenvalue weighted by Crippen LogP contribution is 2.24. The van der Waals surface area contributed by atoms with Crippen LogP contribution < -0.4 is 29.3 Å². The summed E-state index contributed by atoms with van der Waals surface area (Å²) in [4.78, 5) is 42.9. The third kappa shape index (κ3) is 9.24. The number of rotatable bonds is 4. The van der Waals surface area contributed by atoms with Crippen LogP contribution in [0.3, 0.4) is 0 Å². The molecule has 0 spiro atoms. The first kappa shape index (κ1) is 29.9. The molecule has 11 nitrogen and oxygen atoms in total. The molecule has 184 valence electrons. The maximum absolute atomic E-state index is 11.7. The lowest BCUT2D eigenvalue weighted by Gasteiger charge is -1.94. The molecule has 1 amide bonds. The van der Waals surface area contributed by atoms with Crippen molar-refractivity contribution in [1.29, 1.82) is 0 Å². The van der Waals surface area contributed by atoms with Crippen molar-refractivity contribution in [2.24, 2.45) is 0 Å². The van der Waals surface area contributed by atoms with Crippen molar-refractivity contribution in [3.05, 3.63) is 44.5 Å². The number of carbonyl (C=O) groups is 3. The number of H-pyrrole nitrogens is 1. The van der Waals surface area contributed by atoms with Crippen LogP contribution in [0.1, 0.15) is 44.7 Å². The number of thiazole rings is 1. The van der Waals surface area contributed by atoms with Crippen molar-refractivity contribution in [3.8, 4) is 5.88 Å². The summed E-state index contributed by atoms with van der Waals surface area (Å²) in [5, 5.41) is 11.8. The van der Waals surface area contributed by atoms with Gasteiger partial charge >= 0.3 is 11.9 Å². The number of amides is 1. The van der Waals surface area contributed by atoms with Gasteiger partial charge in [0.15, 0.2) is 3.95 Å². The molecule has 3 aromatic rings. The highest BCUT2D eigenvalue weighted by atomic mass is 127. The van der Waals surface area contributed by atoms with Crippen molar-refractivity contribution < 1.29 is 57.0 Å². The molecular formula is C18H18IN4O7S4-. The third-order valence-electron chi connectivity index (χ3n) is 3.30. The number of aromatic amines is 1. The molecule has 16 heteroatoms. The second-order valence-corrected chi connectivity index (χ2v) is 9.26. The Labute approximate surface area is 229 Å². The number of hydrogen-bond donors (Lipinski definition) is 3. The largest absolute Gasteiger partial charge is 1.00 e. The number of nitrogens with zero attached hydrogens (tertiary/aromatic N) is 2. The lowest BCUT2D eigenvalue weighted by molar-refractivity contribution is -0.116. The molecule has 34 heavy (non-hydrogen) atoms. The maximum Gasteiger partial charge on any atom is 0.394 e. The average Bonchev–Trinajstić information content (AvgIpc) is 3.53. The number of carbonyl (C=O) groups excluding carboxylic acids is 3. The fraction of sp³-hybridized carbons (Fsp3) is 0.278. The van der Waals surface area contributed by atoms with Gasteiger partial charge in [-0.2, -0.15) is 0 Å². The van der Waals surface area contributed by atoms with Gasteiger partial charge < -0.3 is 53.0 Å². The summed E-state index contributed by atoms with van der Waals surface area (Å²) in [7, 11) is 0. The third-order valence-corrected chi connectivity index (χ3v) is 5.75. The van der Waals surface area contributed by atoms with Crippen LogP contribution in [0.5, 0.6) is 5.88 Å². The zero-order valence-corrected chi connectivity index (χ0v) is 23.3. The zero-order valence-electron chi connectivity index (χ0n) is 17.9. The molecule has 0 unspecified atom stereocenters. The molecule has 1 aliphatic rings. The molecule has 0 bridgehead atoms. The van der Waals surface area contributed by atoms with Crippen LogP contribution in [-0.4, -0.2) is 54.4 Å². The van der Waals surface area contributed by atoms with Gasteiger partial charge in [0.1, 0.15) is 20.7 Å². The molecule has 0 atom stereocenters. The van der Waals surface area contributed by atoms with E-state index in [4.69, 9.17) is 21.1 Å². The van der Waals surface area contributed by atoms with Gasteiger partial charge in [-0.05, 0) is 33.0 Å². The summed E-state index contributed by atoms with van der Waals surface area (Å²) in [5.74, 6) is 0.403. The molecule has 0 saturated carbocycles. The normalized spacial score (nSPS) is 11.9. The molecule has 0 radical (unpaired) electrons. The molecule has 4 rings (SSSR count). The fourth-order valence-corrected chi connectivity index (χ4v) is 3.81. The van der Waals surface area contributed by atoms with E-state index in [1.165, 1.54) is 24.2 Å². The lowest BCUT2D eigenvalue weighted by Crippen LogP contribution is -3.00. The summed E-state index contributed by atoms with van der Waals surface area (Å²) >= 11 is 11.8. The highest BCUT2D eigenvalue weighted by Gasteiger charge is 2.21.